The molecule has 0 atom stereocenters. The monoisotopic (exact) mass is 522 g/mol. The Morgan fingerprint density at radius 1 is 0.649 bits per heavy atom. The van der Waals surface area contributed by atoms with Gasteiger partial charge in [-0.3, -0.25) is 0 Å². The molecule has 0 amide bonds. The molecule has 0 fully saturated rings. The van der Waals surface area contributed by atoms with Gasteiger partial charge < -0.3 is 18.9 Å². The summed E-state index contributed by atoms with van der Waals surface area (Å²) in [7, 11) is -1.00. The highest BCUT2D eigenvalue weighted by molar-refractivity contribution is 7.80. The van der Waals surface area contributed by atoms with Crippen LogP contribution in [0.15, 0.2) is 78.9 Å². The molecule has 3 aromatic rings. The summed E-state index contributed by atoms with van der Waals surface area (Å²) >= 11 is 0. The summed E-state index contributed by atoms with van der Waals surface area (Å²) in [6.07, 6.45) is 0. The van der Waals surface area contributed by atoms with Crippen molar-refractivity contribution < 1.29 is 28.5 Å². The minimum atomic E-state index is -1.00. The molecule has 0 N–H and O–H groups in total. The van der Waals surface area contributed by atoms with E-state index in [9.17, 15) is 9.59 Å². The molecule has 0 unspecified atom stereocenters. The van der Waals surface area contributed by atoms with E-state index in [1.54, 1.807) is 32.9 Å². The maximum Gasteiger partial charge on any atom is 0.344 e. The molecule has 6 nitrogen and oxygen atoms in total. The van der Waals surface area contributed by atoms with E-state index >= 15 is 0 Å². The van der Waals surface area contributed by atoms with E-state index in [1.807, 2.05) is 63.2 Å². The summed E-state index contributed by atoms with van der Waals surface area (Å²) in [4.78, 5) is 24.6. The number of ether oxygens (including phenoxy) is 4. The molecular formula is C30H35O6P. The first-order valence-electron chi connectivity index (χ1n) is 12.1. The summed E-state index contributed by atoms with van der Waals surface area (Å²) in [5, 5.41) is 3.18. The van der Waals surface area contributed by atoms with Crippen molar-refractivity contribution in [3.8, 4) is 11.5 Å². The largest absolute Gasteiger partial charge is 0.482 e. The van der Waals surface area contributed by atoms with E-state index < -0.39 is 31.1 Å². The van der Waals surface area contributed by atoms with E-state index in [2.05, 4.69) is 24.3 Å². The standard InChI is InChI=1S/C30H35O6P/c1-29(2,3)35-27(31)20-33-22-17-18-26(25(19-22)34-21-28(32)36-30(4,5)6)37(23-13-9-7-10-14-23)24-15-11-8-12-16-24/h7-19H,20-21H2,1-6H3. The van der Waals surface area contributed by atoms with Crippen molar-refractivity contribution in [3.63, 3.8) is 0 Å². The summed E-state index contributed by atoms with van der Waals surface area (Å²) in [5.41, 5.74) is -1.23. The second kappa shape index (κ2) is 12.2. The van der Waals surface area contributed by atoms with E-state index in [4.69, 9.17) is 18.9 Å². The van der Waals surface area contributed by atoms with E-state index in [1.165, 1.54) is 0 Å². The van der Waals surface area contributed by atoms with Gasteiger partial charge in [0.25, 0.3) is 0 Å². The number of rotatable bonds is 9. The highest BCUT2D eigenvalue weighted by Gasteiger charge is 2.23. The van der Waals surface area contributed by atoms with Crippen LogP contribution in [0, 0.1) is 0 Å². The summed E-state index contributed by atoms with van der Waals surface area (Å²) in [6, 6.07) is 25.8. The first-order chi connectivity index (χ1) is 17.4. The molecule has 37 heavy (non-hydrogen) atoms. The zero-order valence-electron chi connectivity index (χ0n) is 22.3. The molecule has 3 aromatic carbocycles. The lowest BCUT2D eigenvalue weighted by Crippen LogP contribution is -2.29. The second-order valence-electron chi connectivity index (χ2n) is 10.4. The van der Waals surface area contributed by atoms with Gasteiger partial charge in [-0.05, 0) is 72.2 Å². The summed E-state index contributed by atoms with van der Waals surface area (Å²) in [6.45, 7) is 10.3. The van der Waals surface area contributed by atoms with E-state index in [-0.39, 0.29) is 13.2 Å². The fraction of sp³-hybridized carbons (Fsp3) is 0.333. The van der Waals surface area contributed by atoms with Gasteiger partial charge in [0.1, 0.15) is 22.7 Å². The first kappa shape index (κ1) is 28.2. The first-order valence-corrected chi connectivity index (χ1v) is 13.5. The highest BCUT2D eigenvalue weighted by atomic mass is 31.1. The predicted molar refractivity (Wildman–Crippen MR) is 148 cm³/mol. The Morgan fingerprint density at radius 2 is 1.11 bits per heavy atom. The quantitative estimate of drug-likeness (QED) is 0.295. The molecule has 7 heteroatoms. The van der Waals surface area contributed by atoms with Gasteiger partial charge in [0.15, 0.2) is 13.2 Å². The van der Waals surface area contributed by atoms with Crippen LogP contribution in [0.5, 0.6) is 11.5 Å². The molecule has 0 bridgehead atoms. The van der Waals surface area contributed by atoms with Gasteiger partial charge in [-0.1, -0.05) is 60.7 Å². The Morgan fingerprint density at radius 3 is 1.57 bits per heavy atom. The molecule has 0 saturated heterocycles. The minimum Gasteiger partial charge on any atom is -0.482 e. The van der Waals surface area contributed by atoms with Gasteiger partial charge >= 0.3 is 11.9 Å². The third-order valence-electron chi connectivity index (χ3n) is 4.74. The van der Waals surface area contributed by atoms with Gasteiger partial charge in [0.2, 0.25) is 0 Å². The van der Waals surface area contributed by atoms with Crippen LogP contribution in [0.2, 0.25) is 0 Å². The van der Waals surface area contributed by atoms with Crippen LogP contribution in [0.3, 0.4) is 0 Å². The number of carbonyl (C=O) groups is 2. The summed E-state index contributed by atoms with van der Waals surface area (Å²) in [5.74, 6) is -0.0119. The molecule has 0 aromatic heterocycles. The third kappa shape index (κ3) is 9.22. The Labute approximate surface area is 220 Å². The smallest absolute Gasteiger partial charge is 0.344 e. The third-order valence-corrected chi connectivity index (χ3v) is 7.22. The van der Waals surface area contributed by atoms with Crippen LogP contribution in [0.1, 0.15) is 41.5 Å². The van der Waals surface area contributed by atoms with Crippen molar-refractivity contribution in [1.29, 1.82) is 0 Å². The van der Waals surface area contributed by atoms with Crippen LogP contribution in [0.4, 0.5) is 0 Å². The molecule has 0 aliphatic heterocycles. The number of hydrogen-bond donors (Lipinski definition) is 0. The van der Waals surface area contributed by atoms with Gasteiger partial charge in [0, 0.05) is 11.4 Å². The van der Waals surface area contributed by atoms with Crippen LogP contribution in [-0.2, 0) is 19.1 Å². The number of benzene rings is 3. The summed E-state index contributed by atoms with van der Waals surface area (Å²) < 4.78 is 22.5. The zero-order valence-corrected chi connectivity index (χ0v) is 23.2. The fourth-order valence-corrected chi connectivity index (χ4v) is 5.85. The Hall–Kier alpha value is -3.37. The highest BCUT2D eigenvalue weighted by Crippen LogP contribution is 2.38. The lowest BCUT2D eigenvalue weighted by molar-refractivity contribution is -0.158. The van der Waals surface area contributed by atoms with Crippen molar-refractivity contribution in [2.45, 2.75) is 52.7 Å². The molecule has 0 aliphatic rings. The Bertz CT molecular complexity index is 1140. The van der Waals surface area contributed by atoms with Crippen molar-refractivity contribution in [1.82, 2.24) is 0 Å². The SMILES string of the molecule is CC(C)(C)OC(=O)COc1ccc(P(c2ccccc2)c2ccccc2)c(OCC(=O)OC(C)(C)C)c1. The van der Waals surface area contributed by atoms with Gasteiger partial charge in [-0.2, -0.15) is 0 Å². The van der Waals surface area contributed by atoms with Crippen LogP contribution in [-0.4, -0.2) is 36.4 Å². The number of hydrogen-bond acceptors (Lipinski definition) is 6. The topological polar surface area (TPSA) is 71.1 Å². The van der Waals surface area contributed by atoms with Gasteiger partial charge in [-0.25, -0.2) is 9.59 Å². The number of carbonyl (C=O) groups excluding carboxylic acids is 2. The molecular weight excluding hydrogens is 487 g/mol. The van der Waals surface area contributed by atoms with E-state index in [0.717, 1.165) is 15.9 Å². The molecule has 3 rings (SSSR count). The molecule has 0 aliphatic carbocycles. The molecule has 0 saturated carbocycles. The van der Waals surface area contributed by atoms with E-state index in [0.29, 0.717) is 11.5 Å². The lowest BCUT2D eigenvalue weighted by Gasteiger charge is -2.24. The molecule has 0 radical (unpaired) electrons. The normalized spacial score (nSPS) is 11.6. The van der Waals surface area contributed by atoms with Crippen LogP contribution < -0.4 is 25.4 Å². The maximum absolute atomic E-state index is 12.5. The van der Waals surface area contributed by atoms with Gasteiger partial charge in [0.05, 0.1) is 0 Å². The Kier molecular flexibility index (Phi) is 9.34. The van der Waals surface area contributed by atoms with Gasteiger partial charge in [-0.15, -0.1) is 0 Å². The molecule has 0 heterocycles. The zero-order chi connectivity index (χ0) is 27.1. The average molecular weight is 523 g/mol. The van der Waals surface area contributed by atoms with Crippen molar-refractivity contribution in [2.75, 3.05) is 13.2 Å². The van der Waals surface area contributed by atoms with Crippen molar-refractivity contribution >= 4 is 35.8 Å². The average Bonchev–Trinajstić information content (AvgIpc) is 2.82. The Balaban J connectivity index is 1.96. The number of esters is 2. The van der Waals surface area contributed by atoms with Crippen molar-refractivity contribution in [3.05, 3.63) is 78.9 Å². The fourth-order valence-electron chi connectivity index (χ4n) is 3.49. The molecule has 0 spiro atoms. The maximum atomic E-state index is 12.5. The molecule has 196 valence electrons. The van der Waals surface area contributed by atoms with Crippen LogP contribution in [0.25, 0.3) is 0 Å². The second-order valence-corrected chi connectivity index (χ2v) is 12.6. The predicted octanol–water partition coefficient (Wildman–Crippen LogP) is 4.89. The van der Waals surface area contributed by atoms with Crippen LogP contribution >= 0.6 is 7.92 Å². The van der Waals surface area contributed by atoms with Crippen molar-refractivity contribution in [2.24, 2.45) is 0 Å². The minimum absolute atomic E-state index is 0.242. The lowest BCUT2D eigenvalue weighted by atomic mass is 10.2.